The van der Waals surface area contributed by atoms with E-state index in [1.165, 1.54) is 77.0 Å². The molecule has 2 atom stereocenters. The van der Waals surface area contributed by atoms with Crippen molar-refractivity contribution in [1.82, 2.24) is 20.0 Å². The number of unbranched alkanes of at least 4 members (excludes halogenated alkanes) is 20. The average Bonchev–Trinajstić information content (AvgIpc) is 3.24. The number of hydrogen-bond acceptors (Lipinski definition) is 13. The molecular formula is C47H90N6O7. The van der Waals surface area contributed by atoms with Crippen molar-refractivity contribution in [2.75, 3.05) is 46.3 Å². The molecule has 0 aliphatic carbocycles. The summed E-state index contributed by atoms with van der Waals surface area (Å²) in [6.07, 6.45) is 28.7. The predicted molar refractivity (Wildman–Crippen MR) is 244 cm³/mol. The van der Waals surface area contributed by atoms with Crippen LogP contribution in [-0.2, 0) is 23.8 Å². The fourth-order valence-electron chi connectivity index (χ4n) is 8.46. The maximum absolute atomic E-state index is 12.1. The maximum Gasteiger partial charge on any atom is 0.333 e. The molecule has 350 valence electrons. The molecule has 1 heterocycles. The van der Waals surface area contributed by atoms with Crippen LogP contribution in [0.5, 0.6) is 0 Å². The van der Waals surface area contributed by atoms with Crippen LogP contribution in [-0.4, -0.2) is 107 Å². The van der Waals surface area contributed by atoms with Gasteiger partial charge in [-0.1, -0.05) is 169 Å². The van der Waals surface area contributed by atoms with E-state index < -0.39 is 29.8 Å². The van der Waals surface area contributed by atoms with Gasteiger partial charge in [0.25, 0.3) is 6.29 Å². The maximum atomic E-state index is 12.1. The molecule has 0 fully saturated rings. The molecule has 60 heavy (non-hydrogen) atoms. The lowest BCUT2D eigenvalue weighted by Crippen LogP contribution is -2.82. The first kappa shape index (κ1) is 55.5. The third kappa shape index (κ3) is 20.5. The van der Waals surface area contributed by atoms with E-state index in [4.69, 9.17) is 24.9 Å². The minimum atomic E-state index is -1.30. The van der Waals surface area contributed by atoms with E-state index in [0.29, 0.717) is 31.9 Å². The summed E-state index contributed by atoms with van der Waals surface area (Å²) in [5, 5.41) is 25.8. The van der Waals surface area contributed by atoms with Gasteiger partial charge in [0, 0.05) is 38.2 Å². The van der Waals surface area contributed by atoms with Crippen molar-refractivity contribution in [2.24, 2.45) is 10.7 Å². The first-order chi connectivity index (χ1) is 29.2. The first-order valence-corrected chi connectivity index (χ1v) is 24.1. The van der Waals surface area contributed by atoms with E-state index >= 15 is 0 Å². The van der Waals surface area contributed by atoms with E-state index in [1.807, 2.05) is 0 Å². The van der Waals surface area contributed by atoms with Gasteiger partial charge in [-0.3, -0.25) is 5.32 Å². The third-order valence-corrected chi connectivity index (χ3v) is 11.7. The number of aliphatic hydroxyl groups is 2. The monoisotopic (exact) mass is 851 g/mol. The molecule has 0 saturated heterocycles. The summed E-state index contributed by atoms with van der Waals surface area (Å²) >= 11 is 0. The highest BCUT2D eigenvalue weighted by molar-refractivity contribution is 5.83. The van der Waals surface area contributed by atoms with Gasteiger partial charge in [-0.2, -0.15) is 0 Å². The zero-order chi connectivity index (χ0) is 44.3. The molecule has 2 unspecified atom stereocenters. The van der Waals surface area contributed by atoms with Crippen molar-refractivity contribution >= 4 is 17.9 Å². The first-order valence-electron chi connectivity index (χ1n) is 24.1. The van der Waals surface area contributed by atoms with Crippen molar-refractivity contribution in [3.63, 3.8) is 0 Å². The lowest BCUT2D eigenvalue weighted by atomic mass is 9.95. The largest absolute Gasteiger partial charge is 0.419 e. The number of aliphatic hydroxyl groups excluding tert-OH is 2. The van der Waals surface area contributed by atoms with Crippen LogP contribution in [0.3, 0.4) is 0 Å². The quantitative estimate of drug-likeness (QED) is 0.0200. The topological polar surface area (TPSA) is 162 Å². The minimum Gasteiger partial charge on any atom is -0.419 e. The Hall–Kier alpha value is -2.55. The lowest BCUT2D eigenvalue weighted by molar-refractivity contribution is -0.231. The fraction of sp³-hybridized carbons (Fsp3) is 0.851. The van der Waals surface area contributed by atoms with E-state index in [1.54, 1.807) is 0 Å². The molecule has 1 aliphatic heterocycles. The van der Waals surface area contributed by atoms with Gasteiger partial charge < -0.3 is 35.1 Å². The molecule has 0 aromatic carbocycles. The van der Waals surface area contributed by atoms with Gasteiger partial charge >= 0.3 is 11.9 Å². The number of ether oxygens (including phenoxy) is 3. The number of nitrogens with one attached hydrogen (secondary N) is 1. The second-order valence-corrected chi connectivity index (χ2v) is 16.5. The number of rotatable bonds is 41. The number of hydrogen-bond donors (Lipinski definition) is 4. The van der Waals surface area contributed by atoms with Crippen LogP contribution in [0.1, 0.15) is 195 Å². The summed E-state index contributed by atoms with van der Waals surface area (Å²) in [6, 6.07) is 0. The second kappa shape index (κ2) is 35.0. The molecule has 1 aliphatic rings. The minimum absolute atomic E-state index is 0.122. The van der Waals surface area contributed by atoms with Crippen molar-refractivity contribution < 1.29 is 34.0 Å². The fourth-order valence-corrected chi connectivity index (χ4v) is 8.46. The van der Waals surface area contributed by atoms with Crippen molar-refractivity contribution in [3.8, 4) is 0 Å². The third-order valence-electron chi connectivity index (χ3n) is 11.7. The Morgan fingerprint density at radius 3 is 1.63 bits per heavy atom. The molecule has 0 saturated carbocycles. The molecule has 0 spiro atoms. The van der Waals surface area contributed by atoms with Gasteiger partial charge in [-0.25, -0.2) is 24.4 Å². The van der Waals surface area contributed by atoms with Crippen LogP contribution in [0.2, 0.25) is 0 Å². The summed E-state index contributed by atoms with van der Waals surface area (Å²) in [5.41, 5.74) is 7.22. The second-order valence-electron chi connectivity index (χ2n) is 16.5. The SMILES string of the molecule is C=CC(=O)OC(COCCN(CO)C1(CCCCCCCC)N(CCCCCCCC)C(N)=NC(CCCCCCCC)(NCO)N1CCCCCCCC)OC(=O)C=C. The average molecular weight is 851 g/mol. The van der Waals surface area contributed by atoms with Gasteiger partial charge in [-0.15, -0.1) is 0 Å². The zero-order valence-electron chi connectivity index (χ0n) is 38.8. The number of carbonyl (C=O) groups excluding carboxylic acids is 2. The Morgan fingerprint density at radius 1 is 0.717 bits per heavy atom. The van der Waals surface area contributed by atoms with E-state index in [9.17, 15) is 19.8 Å². The molecular weight excluding hydrogens is 761 g/mol. The standard InChI is InChI=1S/C47H90N6O7/c1-7-13-17-21-25-29-33-46(49-40-54)50-45(48)52(35-31-27-23-19-15-9-3)47(34-30-26-22-18-14-8-2,53(46)36-32-28-24-20-16-10-4)51(41-55)37-38-58-39-44(59-42(56)11-5)60-43(57)12-6/h11-12,44,49,54-55H,5-10,13-41H2,1-4H3,(H2,48,50). The Labute approximate surface area is 365 Å². The number of esters is 2. The summed E-state index contributed by atoms with van der Waals surface area (Å²) < 4.78 is 16.6. The summed E-state index contributed by atoms with van der Waals surface area (Å²) in [5.74, 6) is -3.02. The summed E-state index contributed by atoms with van der Waals surface area (Å²) in [6.45, 7) is 16.8. The molecule has 0 aromatic heterocycles. The van der Waals surface area contributed by atoms with E-state index in [0.717, 1.165) is 89.2 Å². The number of nitrogens with two attached hydrogens (primary N) is 1. The highest BCUT2D eigenvalue weighted by Crippen LogP contribution is 2.42. The summed E-state index contributed by atoms with van der Waals surface area (Å²) in [7, 11) is 0. The number of guanidine groups is 1. The van der Waals surface area contributed by atoms with Gasteiger partial charge in [0.05, 0.1) is 20.1 Å². The Kier molecular flexibility index (Phi) is 32.3. The molecule has 13 nitrogen and oxygen atoms in total. The molecule has 0 aromatic rings. The smallest absolute Gasteiger partial charge is 0.333 e. The van der Waals surface area contributed by atoms with Crippen LogP contribution in [0.4, 0.5) is 0 Å². The van der Waals surface area contributed by atoms with Crippen molar-refractivity contribution in [1.29, 1.82) is 0 Å². The van der Waals surface area contributed by atoms with E-state index in [-0.39, 0.29) is 33.2 Å². The van der Waals surface area contributed by atoms with Crippen molar-refractivity contribution in [2.45, 2.75) is 212 Å². The Bertz CT molecular complexity index is 1140. The zero-order valence-corrected chi connectivity index (χ0v) is 38.8. The van der Waals surface area contributed by atoms with Gasteiger partial charge in [0.15, 0.2) is 17.5 Å². The number of carbonyl (C=O) groups is 2. The van der Waals surface area contributed by atoms with Crippen LogP contribution in [0.15, 0.2) is 30.3 Å². The van der Waals surface area contributed by atoms with E-state index in [2.05, 4.69) is 60.9 Å². The normalized spacial score (nSPS) is 18.3. The van der Waals surface area contributed by atoms with Crippen LogP contribution >= 0.6 is 0 Å². The Morgan fingerprint density at radius 2 is 1.17 bits per heavy atom. The molecule has 13 heteroatoms. The van der Waals surface area contributed by atoms with Gasteiger partial charge in [0.1, 0.15) is 6.61 Å². The molecule has 5 N–H and O–H groups in total. The molecule has 0 amide bonds. The number of aliphatic imine (C=N–C) groups is 1. The predicted octanol–water partition coefficient (Wildman–Crippen LogP) is 9.04. The molecule has 0 bridgehead atoms. The van der Waals surface area contributed by atoms with Crippen LogP contribution in [0.25, 0.3) is 0 Å². The molecule has 1 rings (SSSR count). The van der Waals surface area contributed by atoms with Gasteiger partial charge in [-0.05, 0) is 32.1 Å². The number of nitrogens with zero attached hydrogens (tertiary/aromatic N) is 4. The lowest BCUT2D eigenvalue weighted by Gasteiger charge is -2.63. The van der Waals surface area contributed by atoms with Crippen molar-refractivity contribution in [3.05, 3.63) is 25.3 Å². The van der Waals surface area contributed by atoms with Crippen LogP contribution < -0.4 is 11.1 Å². The van der Waals surface area contributed by atoms with Gasteiger partial charge in [0.2, 0.25) is 0 Å². The molecule has 0 radical (unpaired) electrons. The highest BCUT2D eigenvalue weighted by Gasteiger charge is 2.57. The summed E-state index contributed by atoms with van der Waals surface area (Å²) in [4.78, 5) is 36.2. The Balaban J connectivity index is 3.86. The highest BCUT2D eigenvalue weighted by atomic mass is 16.7. The van der Waals surface area contributed by atoms with Crippen LogP contribution in [0, 0.1) is 0 Å².